The first-order chi connectivity index (χ1) is 12.4. The zero-order valence-electron chi connectivity index (χ0n) is 14.5. The Hall–Kier alpha value is -2.73. The van der Waals surface area contributed by atoms with E-state index in [0.29, 0.717) is 17.9 Å². The first-order valence-corrected chi connectivity index (χ1v) is 8.62. The van der Waals surface area contributed by atoms with Crippen molar-refractivity contribution in [3.8, 4) is 5.75 Å². The Bertz CT molecular complexity index is 841. The fraction of sp³-hybridized carbons (Fsp3) is 0.263. The topological polar surface area (TPSA) is 84.7 Å². The molecule has 2 amide bonds. The van der Waals surface area contributed by atoms with Crippen molar-refractivity contribution in [2.75, 3.05) is 17.7 Å². The first-order valence-electron chi connectivity index (χ1n) is 8.24. The molecule has 1 heterocycles. The molecule has 6 nitrogen and oxygen atoms in total. The molecule has 136 valence electrons. The van der Waals surface area contributed by atoms with Crippen molar-refractivity contribution in [3.05, 3.63) is 53.1 Å². The molecular weight excluding hydrogens is 354 g/mol. The van der Waals surface area contributed by atoms with Gasteiger partial charge in [-0.1, -0.05) is 29.8 Å². The van der Waals surface area contributed by atoms with Crippen molar-refractivity contribution in [2.45, 2.75) is 25.4 Å². The number of rotatable bonds is 4. The minimum absolute atomic E-state index is 0.0212. The predicted octanol–water partition coefficient (Wildman–Crippen LogP) is 2.85. The number of anilines is 2. The number of halogens is 1. The molecule has 0 bridgehead atoms. The number of amides is 2. The third kappa shape index (κ3) is 3.32. The molecule has 0 radical (unpaired) electrons. The van der Waals surface area contributed by atoms with Crippen molar-refractivity contribution in [1.82, 2.24) is 5.32 Å². The number of carbonyl (C=O) groups excluding carboxylic acids is 2. The monoisotopic (exact) mass is 373 g/mol. The fourth-order valence-corrected chi connectivity index (χ4v) is 3.34. The normalized spacial score (nSPS) is 19.5. The van der Waals surface area contributed by atoms with Crippen LogP contribution in [0.5, 0.6) is 5.75 Å². The molecular formula is C19H20ClN3O3. The summed E-state index contributed by atoms with van der Waals surface area (Å²) in [7, 11) is 1.44. The third-order valence-corrected chi connectivity index (χ3v) is 4.78. The van der Waals surface area contributed by atoms with Gasteiger partial charge >= 0.3 is 0 Å². The van der Waals surface area contributed by atoms with Gasteiger partial charge in [-0.3, -0.25) is 9.59 Å². The predicted molar refractivity (Wildman–Crippen MR) is 102 cm³/mol. The third-order valence-electron chi connectivity index (χ3n) is 4.46. The van der Waals surface area contributed by atoms with Crippen LogP contribution in [0.25, 0.3) is 0 Å². The summed E-state index contributed by atoms with van der Waals surface area (Å²) < 4.78 is 5.21. The molecule has 3 rings (SSSR count). The standard InChI is InChI=1S/C19H20ClN3O3/c1-11-8-16(19(25)23(11)12-6-4-3-5-7-12)22-18(24)13-9-14(20)15(21)10-17(13)26-2/h3-7,9-11,16H,8,21H2,1-2H3,(H,22,24). The molecule has 26 heavy (non-hydrogen) atoms. The minimum Gasteiger partial charge on any atom is -0.496 e. The summed E-state index contributed by atoms with van der Waals surface area (Å²) in [5.74, 6) is -0.260. The van der Waals surface area contributed by atoms with Crippen molar-refractivity contribution < 1.29 is 14.3 Å². The van der Waals surface area contributed by atoms with E-state index in [1.165, 1.54) is 19.2 Å². The Morgan fingerprint density at radius 1 is 1.31 bits per heavy atom. The summed E-state index contributed by atoms with van der Waals surface area (Å²) in [6.45, 7) is 1.96. The van der Waals surface area contributed by atoms with E-state index >= 15 is 0 Å². The average molecular weight is 374 g/mol. The molecule has 2 unspecified atom stereocenters. The number of para-hydroxylation sites is 1. The second-order valence-electron chi connectivity index (χ2n) is 6.23. The van der Waals surface area contributed by atoms with Gasteiger partial charge in [0, 0.05) is 17.8 Å². The Morgan fingerprint density at radius 2 is 2.00 bits per heavy atom. The molecule has 0 saturated carbocycles. The number of nitrogens with zero attached hydrogens (tertiary/aromatic N) is 1. The van der Waals surface area contributed by atoms with Gasteiger partial charge in [0.15, 0.2) is 0 Å². The Morgan fingerprint density at radius 3 is 2.65 bits per heavy atom. The quantitative estimate of drug-likeness (QED) is 0.807. The van der Waals surface area contributed by atoms with Gasteiger partial charge in [-0.15, -0.1) is 0 Å². The number of hydrogen-bond donors (Lipinski definition) is 2. The molecule has 0 spiro atoms. The number of carbonyl (C=O) groups is 2. The largest absolute Gasteiger partial charge is 0.496 e. The van der Waals surface area contributed by atoms with E-state index in [4.69, 9.17) is 22.1 Å². The van der Waals surface area contributed by atoms with E-state index in [9.17, 15) is 9.59 Å². The summed E-state index contributed by atoms with van der Waals surface area (Å²) in [6, 6.07) is 11.7. The van der Waals surface area contributed by atoms with Crippen LogP contribution in [-0.2, 0) is 4.79 Å². The van der Waals surface area contributed by atoms with Gasteiger partial charge in [0.1, 0.15) is 11.8 Å². The summed E-state index contributed by atoms with van der Waals surface area (Å²) in [4.78, 5) is 27.2. The molecule has 2 atom stereocenters. The van der Waals surface area contributed by atoms with Crippen molar-refractivity contribution in [1.29, 1.82) is 0 Å². The van der Waals surface area contributed by atoms with Crippen LogP contribution >= 0.6 is 11.6 Å². The summed E-state index contributed by atoms with van der Waals surface area (Å²) in [5.41, 5.74) is 7.12. The molecule has 2 aromatic carbocycles. The van der Waals surface area contributed by atoms with Gasteiger partial charge in [0.05, 0.1) is 23.4 Å². The van der Waals surface area contributed by atoms with Crippen LogP contribution in [0.1, 0.15) is 23.7 Å². The molecule has 3 N–H and O–H groups in total. The average Bonchev–Trinajstić information content (AvgIpc) is 2.91. The Balaban J connectivity index is 1.81. The van der Waals surface area contributed by atoms with Crippen LogP contribution in [0.4, 0.5) is 11.4 Å². The van der Waals surface area contributed by atoms with Gasteiger partial charge < -0.3 is 20.7 Å². The highest BCUT2D eigenvalue weighted by Gasteiger charge is 2.39. The van der Waals surface area contributed by atoms with Gasteiger partial charge in [-0.25, -0.2) is 0 Å². The van der Waals surface area contributed by atoms with Crippen molar-refractivity contribution in [2.24, 2.45) is 0 Å². The highest BCUT2D eigenvalue weighted by atomic mass is 35.5. The summed E-state index contributed by atoms with van der Waals surface area (Å²) in [6.07, 6.45) is 0.518. The molecule has 1 fully saturated rings. The van der Waals surface area contributed by atoms with Gasteiger partial charge in [-0.05, 0) is 31.5 Å². The number of hydrogen-bond acceptors (Lipinski definition) is 4. The van der Waals surface area contributed by atoms with Gasteiger partial charge in [0.25, 0.3) is 5.91 Å². The van der Waals surface area contributed by atoms with E-state index in [-0.39, 0.29) is 22.5 Å². The second-order valence-corrected chi connectivity index (χ2v) is 6.64. The molecule has 0 aromatic heterocycles. The van der Waals surface area contributed by atoms with Crippen LogP contribution in [0, 0.1) is 0 Å². The number of nitrogen functional groups attached to an aromatic ring is 1. The van der Waals surface area contributed by atoms with Crippen molar-refractivity contribution in [3.63, 3.8) is 0 Å². The first kappa shape index (κ1) is 18.1. The molecule has 1 aliphatic rings. The molecule has 7 heteroatoms. The number of ether oxygens (including phenoxy) is 1. The number of benzene rings is 2. The van der Waals surface area contributed by atoms with Crippen LogP contribution in [0.2, 0.25) is 5.02 Å². The lowest BCUT2D eigenvalue weighted by Gasteiger charge is -2.21. The lowest BCUT2D eigenvalue weighted by Crippen LogP contribution is -2.42. The lowest BCUT2D eigenvalue weighted by molar-refractivity contribution is -0.118. The zero-order valence-corrected chi connectivity index (χ0v) is 15.3. The molecule has 1 aliphatic heterocycles. The van der Waals surface area contributed by atoms with Gasteiger partial charge in [-0.2, -0.15) is 0 Å². The van der Waals surface area contributed by atoms with E-state index in [1.807, 2.05) is 37.3 Å². The van der Waals surface area contributed by atoms with Gasteiger partial charge in [0.2, 0.25) is 5.91 Å². The van der Waals surface area contributed by atoms with Crippen LogP contribution in [0.3, 0.4) is 0 Å². The number of methoxy groups -OCH3 is 1. The highest BCUT2D eigenvalue weighted by molar-refractivity contribution is 6.33. The maximum absolute atomic E-state index is 12.8. The molecule has 1 saturated heterocycles. The minimum atomic E-state index is -0.612. The highest BCUT2D eigenvalue weighted by Crippen LogP contribution is 2.30. The Kier molecular flexibility index (Phi) is 5.04. The van der Waals surface area contributed by atoms with E-state index in [1.54, 1.807) is 4.90 Å². The van der Waals surface area contributed by atoms with Crippen LogP contribution in [-0.4, -0.2) is 31.0 Å². The van der Waals surface area contributed by atoms with Crippen LogP contribution in [0.15, 0.2) is 42.5 Å². The summed E-state index contributed by atoms with van der Waals surface area (Å²) >= 11 is 6.02. The smallest absolute Gasteiger partial charge is 0.255 e. The zero-order chi connectivity index (χ0) is 18.8. The molecule has 2 aromatic rings. The fourth-order valence-electron chi connectivity index (χ4n) is 3.17. The maximum atomic E-state index is 12.8. The van der Waals surface area contributed by atoms with E-state index in [2.05, 4.69) is 5.32 Å². The SMILES string of the molecule is COc1cc(N)c(Cl)cc1C(=O)NC1CC(C)N(c2ccccc2)C1=O. The van der Waals surface area contributed by atoms with E-state index < -0.39 is 11.9 Å². The number of nitrogens with one attached hydrogen (secondary N) is 1. The maximum Gasteiger partial charge on any atom is 0.255 e. The van der Waals surface area contributed by atoms with E-state index in [0.717, 1.165) is 5.69 Å². The number of nitrogens with two attached hydrogens (primary N) is 1. The second kappa shape index (κ2) is 7.25. The summed E-state index contributed by atoms with van der Waals surface area (Å²) in [5, 5.41) is 3.04. The van der Waals surface area contributed by atoms with Crippen molar-refractivity contribution >= 4 is 34.8 Å². The Labute approximate surface area is 156 Å². The van der Waals surface area contributed by atoms with Crippen LogP contribution < -0.4 is 20.7 Å². The lowest BCUT2D eigenvalue weighted by atomic mass is 10.1. The molecule has 0 aliphatic carbocycles.